The molecule has 1 aliphatic rings. The Hall–Kier alpha value is -1.54. The third kappa shape index (κ3) is 3.92. The summed E-state index contributed by atoms with van der Waals surface area (Å²) in [4.78, 5) is 9.13. The fraction of sp³-hybridized carbons (Fsp3) is 0.471. The quantitative estimate of drug-likeness (QED) is 0.876. The molecule has 0 saturated carbocycles. The van der Waals surface area contributed by atoms with Crippen LogP contribution in [0.5, 0.6) is 0 Å². The Morgan fingerprint density at radius 3 is 2.71 bits per heavy atom. The summed E-state index contributed by atoms with van der Waals surface area (Å²) in [5.74, 6) is 0. The van der Waals surface area contributed by atoms with Crippen LogP contribution in [-0.4, -0.2) is 69.5 Å². The molecule has 7 heteroatoms. The highest BCUT2D eigenvalue weighted by molar-refractivity contribution is 7.89. The van der Waals surface area contributed by atoms with Gasteiger partial charge in [-0.15, -0.1) is 0 Å². The predicted octanol–water partition coefficient (Wildman–Crippen LogP) is 1.07. The highest BCUT2D eigenvalue weighted by atomic mass is 32.2. The number of nitrogens with zero attached hydrogens (tertiary/aromatic N) is 3. The first kappa shape index (κ1) is 17.3. The molecule has 0 amide bonds. The number of benzene rings is 1. The van der Waals surface area contributed by atoms with Crippen molar-refractivity contribution in [1.82, 2.24) is 19.5 Å². The fourth-order valence-electron chi connectivity index (χ4n) is 2.95. The van der Waals surface area contributed by atoms with E-state index in [2.05, 4.69) is 26.6 Å². The molecule has 0 atom stereocenters. The average molecular weight is 348 g/mol. The molecule has 2 heterocycles. The third-order valence-corrected chi connectivity index (χ3v) is 5.91. The minimum absolute atomic E-state index is 0.248. The molecular weight excluding hydrogens is 324 g/mol. The van der Waals surface area contributed by atoms with E-state index in [1.165, 1.54) is 0 Å². The lowest BCUT2D eigenvalue weighted by Gasteiger charge is -2.32. The molecule has 1 fully saturated rings. The van der Waals surface area contributed by atoms with Crippen LogP contribution in [0.4, 0.5) is 0 Å². The Kier molecular flexibility index (Phi) is 5.15. The number of aryl methyl sites for hydroxylation is 1. The molecule has 1 aliphatic heterocycles. The molecule has 0 aliphatic carbocycles. The Labute approximate surface area is 143 Å². The average Bonchev–Trinajstić information content (AvgIpc) is 2.55. The number of nitrogens with one attached hydrogen (secondary N) is 1. The number of rotatable bonds is 5. The van der Waals surface area contributed by atoms with Crippen LogP contribution in [0.3, 0.4) is 0 Å². The van der Waals surface area contributed by atoms with Crippen LogP contribution in [0.25, 0.3) is 10.9 Å². The number of hydrogen-bond donors (Lipinski definition) is 1. The lowest BCUT2D eigenvalue weighted by atomic mass is 10.2. The number of pyridine rings is 1. The maximum atomic E-state index is 12.6. The Morgan fingerprint density at radius 2 is 1.96 bits per heavy atom. The van der Waals surface area contributed by atoms with E-state index in [0.29, 0.717) is 12.1 Å². The Balaban J connectivity index is 1.69. The molecule has 1 saturated heterocycles. The summed E-state index contributed by atoms with van der Waals surface area (Å²) in [5, 5.41) is 0.844. The largest absolute Gasteiger partial charge is 0.304 e. The molecule has 2 aromatic rings. The van der Waals surface area contributed by atoms with E-state index in [9.17, 15) is 8.42 Å². The van der Waals surface area contributed by atoms with Crippen molar-refractivity contribution in [1.29, 1.82) is 0 Å². The van der Waals surface area contributed by atoms with E-state index in [4.69, 9.17) is 0 Å². The summed E-state index contributed by atoms with van der Waals surface area (Å²) in [7, 11) is -1.45. The second kappa shape index (κ2) is 7.14. The lowest BCUT2D eigenvalue weighted by Crippen LogP contribution is -2.46. The highest BCUT2D eigenvalue weighted by Gasteiger charge is 2.19. The van der Waals surface area contributed by atoms with Gasteiger partial charge in [0.2, 0.25) is 10.0 Å². The number of sulfonamides is 1. The number of likely N-dealkylation sites (N-methyl/N-ethyl adjacent to an activating group) is 1. The molecule has 1 aromatic heterocycles. The van der Waals surface area contributed by atoms with Crippen LogP contribution in [0.1, 0.15) is 5.56 Å². The molecule has 0 unspecified atom stereocenters. The molecule has 0 bridgehead atoms. The van der Waals surface area contributed by atoms with Crippen molar-refractivity contribution in [3.8, 4) is 0 Å². The van der Waals surface area contributed by atoms with Gasteiger partial charge in [-0.3, -0.25) is 9.88 Å². The molecular formula is C17H24N4O2S. The first-order valence-corrected chi connectivity index (χ1v) is 9.70. The van der Waals surface area contributed by atoms with Crippen molar-refractivity contribution >= 4 is 20.9 Å². The monoisotopic (exact) mass is 348 g/mol. The molecule has 24 heavy (non-hydrogen) atoms. The van der Waals surface area contributed by atoms with Gasteiger partial charge in [0.15, 0.2) is 0 Å². The summed E-state index contributed by atoms with van der Waals surface area (Å²) < 4.78 is 28.0. The zero-order valence-electron chi connectivity index (χ0n) is 14.2. The van der Waals surface area contributed by atoms with E-state index < -0.39 is 10.0 Å². The van der Waals surface area contributed by atoms with Crippen LogP contribution in [0.15, 0.2) is 35.4 Å². The number of para-hydroxylation sites is 1. The number of aromatic nitrogens is 1. The summed E-state index contributed by atoms with van der Waals surface area (Å²) in [6.45, 7) is 7.10. The van der Waals surface area contributed by atoms with Gasteiger partial charge in [0.1, 0.15) is 4.90 Å². The zero-order valence-corrected chi connectivity index (χ0v) is 15.0. The summed E-state index contributed by atoms with van der Waals surface area (Å²) >= 11 is 0. The van der Waals surface area contributed by atoms with E-state index >= 15 is 0 Å². The first-order valence-electron chi connectivity index (χ1n) is 8.22. The standard InChI is InChI=1S/C17H24N4O2S/c1-14-12-15-4-3-5-16(17(15)18-13-14)24(22,23)19-6-7-21-10-8-20(2)9-11-21/h3-5,12-13,19H,6-11H2,1-2H3. The second-order valence-corrected chi connectivity index (χ2v) is 8.12. The van der Waals surface area contributed by atoms with Gasteiger partial charge in [0, 0.05) is 50.9 Å². The fourth-order valence-corrected chi connectivity index (χ4v) is 4.15. The minimum Gasteiger partial charge on any atom is -0.304 e. The first-order chi connectivity index (χ1) is 11.5. The van der Waals surface area contributed by atoms with E-state index in [1.807, 2.05) is 19.1 Å². The van der Waals surface area contributed by atoms with Crippen LogP contribution in [0.2, 0.25) is 0 Å². The van der Waals surface area contributed by atoms with Crippen LogP contribution in [-0.2, 0) is 10.0 Å². The molecule has 3 rings (SSSR count). The number of hydrogen-bond acceptors (Lipinski definition) is 5. The Morgan fingerprint density at radius 1 is 1.21 bits per heavy atom. The van der Waals surface area contributed by atoms with Crippen molar-refractivity contribution in [2.24, 2.45) is 0 Å². The van der Waals surface area contributed by atoms with Crippen molar-refractivity contribution in [2.45, 2.75) is 11.8 Å². The molecule has 0 radical (unpaired) electrons. The van der Waals surface area contributed by atoms with Gasteiger partial charge in [-0.1, -0.05) is 12.1 Å². The van der Waals surface area contributed by atoms with Gasteiger partial charge in [0.25, 0.3) is 0 Å². The van der Waals surface area contributed by atoms with Crippen molar-refractivity contribution < 1.29 is 8.42 Å². The summed E-state index contributed by atoms with van der Waals surface area (Å²) in [5.41, 5.74) is 1.54. The number of fused-ring (bicyclic) bond motifs is 1. The zero-order chi connectivity index (χ0) is 17.2. The maximum absolute atomic E-state index is 12.6. The number of piperazine rings is 1. The molecule has 6 nitrogen and oxygen atoms in total. The Bertz CT molecular complexity index is 814. The molecule has 0 spiro atoms. The van der Waals surface area contributed by atoms with Crippen molar-refractivity contribution in [3.05, 3.63) is 36.0 Å². The van der Waals surface area contributed by atoms with Gasteiger partial charge in [-0.05, 0) is 31.7 Å². The summed E-state index contributed by atoms with van der Waals surface area (Å²) in [6.07, 6.45) is 1.70. The van der Waals surface area contributed by atoms with Gasteiger partial charge in [-0.2, -0.15) is 0 Å². The van der Waals surface area contributed by atoms with Gasteiger partial charge in [0.05, 0.1) is 5.52 Å². The van der Waals surface area contributed by atoms with Gasteiger partial charge in [-0.25, -0.2) is 13.1 Å². The topological polar surface area (TPSA) is 65.5 Å². The maximum Gasteiger partial charge on any atom is 0.242 e. The van der Waals surface area contributed by atoms with E-state index in [1.54, 1.807) is 18.3 Å². The lowest BCUT2D eigenvalue weighted by molar-refractivity contribution is 0.156. The van der Waals surface area contributed by atoms with E-state index in [0.717, 1.165) is 43.7 Å². The van der Waals surface area contributed by atoms with E-state index in [-0.39, 0.29) is 4.90 Å². The smallest absolute Gasteiger partial charge is 0.242 e. The molecule has 130 valence electrons. The normalized spacial score (nSPS) is 17.4. The van der Waals surface area contributed by atoms with Crippen molar-refractivity contribution in [3.63, 3.8) is 0 Å². The van der Waals surface area contributed by atoms with Crippen LogP contribution >= 0.6 is 0 Å². The minimum atomic E-state index is -3.56. The van der Waals surface area contributed by atoms with Crippen LogP contribution in [0, 0.1) is 6.92 Å². The molecule has 1 aromatic carbocycles. The van der Waals surface area contributed by atoms with Gasteiger partial charge < -0.3 is 4.90 Å². The third-order valence-electron chi connectivity index (χ3n) is 4.42. The predicted molar refractivity (Wildman–Crippen MR) is 95.6 cm³/mol. The molecule has 1 N–H and O–H groups in total. The van der Waals surface area contributed by atoms with Crippen LogP contribution < -0.4 is 4.72 Å². The summed E-state index contributed by atoms with van der Waals surface area (Å²) in [6, 6.07) is 7.21. The second-order valence-electron chi connectivity index (χ2n) is 6.38. The van der Waals surface area contributed by atoms with Crippen molar-refractivity contribution in [2.75, 3.05) is 46.3 Å². The highest BCUT2D eigenvalue weighted by Crippen LogP contribution is 2.21. The van der Waals surface area contributed by atoms with Gasteiger partial charge >= 0.3 is 0 Å². The SMILES string of the molecule is Cc1cnc2c(S(=O)(=O)NCCN3CCN(C)CC3)cccc2c1.